The first kappa shape index (κ1) is 18.6. The Bertz CT molecular complexity index is 1080. The molecule has 2 N–H and O–H groups in total. The van der Waals surface area contributed by atoms with Gasteiger partial charge in [0.05, 0.1) is 0 Å². The number of fused-ring (bicyclic) bond motifs is 1. The number of rotatable bonds is 5. The zero-order valence-corrected chi connectivity index (χ0v) is 16.2. The van der Waals surface area contributed by atoms with Crippen LogP contribution in [0.5, 0.6) is 0 Å². The number of hydrogen-bond donors (Lipinski definition) is 2. The number of H-pyrrole nitrogens is 1. The van der Waals surface area contributed by atoms with Gasteiger partial charge in [-0.1, -0.05) is 24.6 Å². The number of amides is 1. The third-order valence-corrected chi connectivity index (χ3v) is 7.10. The molecule has 28 heavy (non-hydrogen) atoms. The smallest absolute Gasteiger partial charge is 0.251 e. The van der Waals surface area contributed by atoms with E-state index in [0.717, 1.165) is 19.3 Å². The van der Waals surface area contributed by atoms with E-state index in [1.807, 2.05) is 6.07 Å². The molecule has 0 radical (unpaired) electrons. The molecule has 146 valence electrons. The highest BCUT2D eigenvalue weighted by molar-refractivity contribution is 7.89. The number of nitrogens with zero attached hydrogens (tertiary/aromatic N) is 2. The van der Waals surface area contributed by atoms with Crippen molar-refractivity contribution in [1.29, 1.82) is 0 Å². The fourth-order valence-corrected chi connectivity index (χ4v) is 5.51. The Morgan fingerprint density at radius 1 is 1.18 bits per heavy atom. The van der Waals surface area contributed by atoms with Gasteiger partial charge < -0.3 is 10.3 Å². The van der Waals surface area contributed by atoms with Crippen molar-refractivity contribution >= 4 is 27.0 Å². The SMILES string of the molecule is O=C(NCC1CCCCN1S(=O)(=O)c1c[nH]c2ncccc12)c1ccccc1. The summed E-state index contributed by atoms with van der Waals surface area (Å²) in [6.45, 7) is 0.731. The normalized spacial score (nSPS) is 18.2. The molecule has 0 aliphatic carbocycles. The van der Waals surface area contributed by atoms with Gasteiger partial charge in [0.25, 0.3) is 5.91 Å². The summed E-state index contributed by atoms with van der Waals surface area (Å²) in [6, 6.07) is 12.1. The number of pyridine rings is 1. The van der Waals surface area contributed by atoms with Gasteiger partial charge >= 0.3 is 0 Å². The van der Waals surface area contributed by atoms with E-state index in [4.69, 9.17) is 0 Å². The summed E-state index contributed by atoms with van der Waals surface area (Å²) in [4.78, 5) is 19.7. The molecule has 1 amide bonds. The second kappa shape index (κ2) is 7.73. The number of carbonyl (C=O) groups is 1. The molecule has 0 bridgehead atoms. The standard InChI is InChI=1S/C20H22N4O3S/c25-20(15-7-2-1-3-8-15)23-13-16-9-4-5-12-24(16)28(26,27)18-14-22-19-17(18)10-6-11-21-19/h1-3,6-8,10-11,14,16H,4-5,9,12-13H2,(H,21,22)(H,23,25). The first-order chi connectivity index (χ1) is 13.6. The zero-order valence-electron chi connectivity index (χ0n) is 15.3. The Morgan fingerprint density at radius 2 is 2.00 bits per heavy atom. The Balaban J connectivity index is 1.55. The van der Waals surface area contributed by atoms with Crippen LogP contribution in [0.3, 0.4) is 0 Å². The minimum absolute atomic E-state index is 0.195. The maximum absolute atomic E-state index is 13.4. The van der Waals surface area contributed by atoms with E-state index >= 15 is 0 Å². The maximum atomic E-state index is 13.4. The highest BCUT2D eigenvalue weighted by Crippen LogP contribution is 2.29. The van der Waals surface area contributed by atoms with Crippen LogP contribution in [0, 0.1) is 0 Å². The average Bonchev–Trinajstić information content (AvgIpc) is 3.18. The lowest BCUT2D eigenvalue weighted by Crippen LogP contribution is -2.49. The molecule has 0 saturated carbocycles. The first-order valence-electron chi connectivity index (χ1n) is 9.34. The first-order valence-corrected chi connectivity index (χ1v) is 10.8. The number of aromatic nitrogens is 2. The highest BCUT2D eigenvalue weighted by Gasteiger charge is 2.35. The molecule has 8 heteroatoms. The van der Waals surface area contributed by atoms with E-state index in [2.05, 4.69) is 15.3 Å². The lowest BCUT2D eigenvalue weighted by Gasteiger charge is -2.34. The summed E-state index contributed by atoms with van der Waals surface area (Å²) < 4.78 is 28.2. The van der Waals surface area contributed by atoms with Crippen LogP contribution in [0.2, 0.25) is 0 Å². The third-order valence-electron chi connectivity index (χ3n) is 5.11. The molecule has 3 aromatic rings. The number of hydrogen-bond acceptors (Lipinski definition) is 4. The fraction of sp³-hybridized carbons (Fsp3) is 0.300. The predicted octanol–water partition coefficient (Wildman–Crippen LogP) is 2.54. The molecule has 3 heterocycles. The van der Waals surface area contributed by atoms with Crippen LogP contribution >= 0.6 is 0 Å². The molecule has 1 saturated heterocycles. The summed E-state index contributed by atoms with van der Waals surface area (Å²) in [5.74, 6) is -0.195. The summed E-state index contributed by atoms with van der Waals surface area (Å²) >= 11 is 0. The van der Waals surface area contributed by atoms with Gasteiger partial charge in [-0.3, -0.25) is 4.79 Å². The minimum atomic E-state index is -3.70. The number of piperidine rings is 1. The molecule has 1 aromatic carbocycles. The molecule has 1 aliphatic rings. The summed E-state index contributed by atoms with van der Waals surface area (Å²) in [6.07, 6.45) is 5.59. The fourth-order valence-electron chi connectivity index (χ4n) is 3.67. The maximum Gasteiger partial charge on any atom is 0.251 e. The Hall–Kier alpha value is -2.71. The van der Waals surface area contributed by atoms with E-state index < -0.39 is 10.0 Å². The highest BCUT2D eigenvalue weighted by atomic mass is 32.2. The Labute approximate surface area is 163 Å². The van der Waals surface area contributed by atoms with Gasteiger partial charge in [0.15, 0.2) is 0 Å². The Kier molecular flexibility index (Phi) is 5.15. The van der Waals surface area contributed by atoms with Gasteiger partial charge in [-0.05, 0) is 37.1 Å². The third kappa shape index (κ3) is 3.53. The molecule has 2 aromatic heterocycles. The van der Waals surface area contributed by atoms with Crippen molar-refractivity contribution in [2.45, 2.75) is 30.2 Å². The topological polar surface area (TPSA) is 95.2 Å². The molecule has 1 atom stereocenters. The Morgan fingerprint density at radius 3 is 2.82 bits per heavy atom. The molecular formula is C20H22N4O3S. The van der Waals surface area contributed by atoms with Crippen molar-refractivity contribution in [1.82, 2.24) is 19.6 Å². The van der Waals surface area contributed by atoms with Crippen LogP contribution in [0.4, 0.5) is 0 Å². The zero-order chi connectivity index (χ0) is 19.6. The van der Waals surface area contributed by atoms with Gasteiger partial charge in [-0.2, -0.15) is 4.31 Å². The number of aromatic amines is 1. The predicted molar refractivity (Wildman–Crippen MR) is 106 cm³/mol. The quantitative estimate of drug-likeness (QED) is 0.690. The summed E-state index contributed by atoms with van der Waals surface area (Å²) in [7, 11) is -3.70. The summed E-state index contributed by atoms with van der Waals surface area (Å²) in [5.41, 5.74) is 1.11. The van der Waals surface area contributed by atoms with Crippen LogP contribution in [-0.4, -0.2) is 47.7 Å². The van der Waals surface area contributed by atoms with Gasteiger partial charge in [0, 0.05) is 42.5 Å². The van der Waals surface area contributed by atoms with E-state index in [1.54, 1.807) is 42.6 Å². The van der Waals surface area contributed by atoms with E-state index in [1.165, 1.54) is 10.5 Å². The minimum Gasteiger partial charge on any atom is -0.350 e. The molecule has 1 fully saturated rings. The van der Waals surface area contributed by atoms with Crippen LogP contribution in [0.15, 0.2) is 59.8 Å². The van der Waals surface area contributed by atoms with Crippen molar-refractivity contribution in [3.63, 3.8) is 0 Å². The lowest BCUT2D eigenvalue weighted by atomic mass is 10.0. The van der Waals surface area contributed by atoms with Crippen LogP contribution in [-0.2, 0) is 10.0 Å². The molecular weight excluding hydrogens is 376 g/mol. The van der Waals surface area contributed by atoms with Crippen molar-refractivity contribution < 1.29 is 13.2 Å². The lowest BCUT2D eigenvalue weighted by molar-refractivity contribution is 0.0939. The van der Waals surface area contributed by atoms with Gasteiger partial charge in [0.1, 0.15) is 10.5 Å². The monoisotopic (exact) mass is 398 g/mol. The van der Waals surface area contributed by atoms with Crippen molar-refractivity contribution in [3.8, 4) is 0 Å². The molecule has 1 aliphatic heterocycles. The van der Waals surface area contributed by atoms with Crippen molar-refractivity contribution in [3.05, 3.63) is 60.4 Å². The molecule has 0 spiro atoms. The van der Waals surface area contributed by atoms with Gasteiger partial charge in [0.2, 0.25) is 10.0 Å². The second-order valence-electron chi connectivity index (χ2n) is 6.89. The van der Waals surface area contributed by atoms with Gasteiger partial charge in [-0.15, -0.1) is 0 Å². The van der Waals surface area contributed by atoms with Gasteiger partial charge in [-0.25, -0.2) is 13.4 Å². The largest absolute Gasteiger partial charge is 0.350 e. The van der Waals surface area contributed by atoms with E-state index in [9.17, 15) is 13.2 Å². The van der Waals surface area contributed by atoms with E-state index in [-0.39, 0.29) is 23.4 Å². The van der Waals surface area contributed by atoms with Crippen molar-refractivity contribution in [2.24, 2.45) is 0 Å². The van der Waals surface area contributed by atoms with Crippen LogP contribution in [0.1, 0.15) is 29.6 Å². The van der Waals surface area contributed by atoms with Crippen molar-refractivity contribution in [2.75, 3.05) is 13.1 Å². The number of sulfonamides is 1. The number of benzene rings is 1. The van der Waals surface area contributed by atoms with Crippen LogP contribution in [0.25, 0.3) is 11.0 Å². The molecule has 7 nitrogen and oxygen atoms in total. The molecule has 1 unspecified atom stereocenters. The van der Waals surface area contributed by atoms with E-state index in [0.29, 0.717) is 23.1 Å². The summed E-state index contributed by atoms with van der Waals surface area (Å²) in [5, 5.41) is 3.47. The molecule has 4 rings (SSSR count). The number of nitrogens with one attached hydrogen (secondary N) is 2. The average molecular weight is 398 g/mol. The second-order valence-corrected chi connectivity index (χ2v) is 8.75. The van der Waals surface area contributed by atoms with Crippen LogP contribution < -0.4 is 5.32 Å². The number of carbonyl (C=O) groups excluding carboxylic acids is 1.